The van der Waals surface area contributed by atoms with Gasteiger partial charge in [-0.05, 0) is 43.7 Å². The van der Waals surface area contributed by atoms with Crippen molar-refractivity contribution in [3.05, 3.63) is 77.2 Å². The SMILES string of the molecule is COc1ccc(Cc2c(C)nc(C)nc2N2CCN(C(=O)COc3ccccc3)CC2)cc1. The third-order valence-electron chi connectivity index (χ3n) is 5.88. The number of benzene rings is 2. The van der Waals surface area contributed by atoms with Gasteiger partial charge < -0.3 is 19.3 Å². The van der Waals surface area contributed by atoms with Crippen molar-refractivity contribution in [2.75, 3.05) is 44.8 Å². The Kier molecular flexibility index (Phi) is 7.07. The number of hydrogen-bond acceptors (Lipinski definition) is 6. The van der Waals surface area contributed by atoms with Gasteiger partial charge in [0.2, 0.25) is 0 Å². The minimum Gasteiger partial charge on any atom is -0.497 e. The van der Waals surface area contributed by atoms with Gasteiger partial charge in [-0.1, -0.05) is 30.3 Å². The summed E-state index contributed by atoms with van der Waals surface area (Å²) >= 11 is 0. The summed E-state index contributed by atoms with van der Waals surface area (Å²) in [5.74, 6) is 3.28. The molecule has 3 aromatic rings. The van der Waals surface area contributed by atoms with Crippen LogP contribution in [0, 0.1) is 13.8 Å². The van der Waals surface area contributed by atoms with E-state index in [1.165, 1.54) is 5.56 Å². The fraction of sp³-hybridized carbons (Fsp3) is 0.346. The number of nitrogens with zero attached hydrogens (tertiary/aromatic N) is 4. The molecule has 0 unspecified atom stereocenters. The molecule has 0 bridgehead atoms. The number of ether oxygens (including phenoxy) is 2. The third kappa shape index (κ3) is 5.61. The molecule has 7 nitrogen and oxygen atoms in total. The lowest BCUT2D eigenvalue weighted by Crippen LogP contribution is -2.50. The Bertz CT molecular complexity index is 1080. The van der Waals surface area contributed by atoms with Crippen LogP contribution < -0.4 is 14.4 Å². The quantitative estimate of drug-likeness (QED) is 0.554. The number of aryl methyl sites for hydroxylation is 2. The third-order valence-corrected chi connectivity index (χ3v) is 5.88. The molecule has 172 valence electrons. The minimum atomic E-state index is 0.00649. The van der Waals surface area contributed by atoms with E-state index >= 15 is 0 Å². The number of rotatable bonds is 7. The van der Waals surface area contributed by atoms with E-state index in [4.69, 9.17) is 14.5 Å². The van der Waals surface area contributed by atoms with Crippen LogP contribution in [0.3, 0.4) is 0 Å². The lowest BCUT2D eigenvalue weighted by Gasteiger charge is -2.36. The molecule has 4 rings (SSSR count). The second kappa shape index (κ2) is 10.3. The average Bonchev–Trinajstić information content (AvgIpc) is 2.85. The first kappa shape index (κ1) is 22.6. The predicted octanol–water partition coefficient (Wildman–Crippen LogP) is 3.42. The molecule has 33 heavy (non-hydrogen) atoms. The maximum atomic E-state index is 12.6. The Balaban J connectivity index is 1.42. The van der Waals surface area contributed by atoms with Crippen LogP contribution in [0.2, 0.25) is 0 Å². The second-order valence-corrected chi connectivity index (χ2v) is 8.15. The van der Waals surface area contributed by atoms with Crippen LogP contribution in [0.25, 0.3) is 0 Å². The zero-order valence-corrected chi connectivity index (χ0v) is 19.5. The zero-order valence-electron chi connectivity index (χ0n) is 19.5. The summed E-state index contributed by atoms with van der Waals surface area (Å²) in [5, 5.41) is 0. The zero-order chi connectivity index (χ0) is 23.2. The molecule has 1 saturated heterocycles. The van der Waals surface area contributed by atoms with E-state index in [0.29, 0.717) is 18.8 Å². The van der Waals surface area contributed by atoms with Crippen LogP contribution in [-0.2, 0) is 11.2 Å². The molecule has 7 heteroatoms. The van der Waals surface area contributed by atoms with Gasteiger partial charge in [-0.25, -0.2) is 9.97 Å². The molecule has 1 amide bonds. The Morgan fingerprint density at radius 2 is 1.61 bits per heavy atom. The summed E-state index contributed by atoms with van der Waals surface area (Å²) in [6.45, 7) is 6.75. The van der Waals surface area contributed by atoms with E-state index in [1.54, 1.807) is 7.11 Å². The normalized spacial score (nSPS) is 13.7. The Morgan fingerprint density at radius 3 is 2.27 bits per heavy atom. The maximum absolute atomic E-state index is 12.6. The van der Waals surface area contributed by atoms with Crippen molar-refractivity contribution >= 4 is 11.7 Å². The van der Waals surface area contributed by atoms with Gasteiger partial charge in [-0.3, -0.25) is 4.79 Å². The molecule has 2 aromatic carbocycles. The molecule has 0 N–H and O–H groups in total. The molecule has 1 aliphatic heterocycles. The van der Waals surface area contributed by atoms with Crippen molar-refractivity contribution in [3.8, 4) is 11.5 Å². The summed E-state index contributed by atoms with van der Waals surface area (Å²) in [4.78, 5) is 26.2. The number of aromatic nitrogens is 2. The summed E-state index contributed by atoms with van der Waals surface area (Å²) in [7, 11) is 1.67. The van der Waals surface area contributed by atoms with Crippen LogP contribution >= 0.6 is 0 Å². The average molecular weight is 447 g/mol. The highest BCUT2D eigenvalue weighted by Gasteiger charge is 2.25. The van der Waals surface area contributed by atoms with Crippen molar-refractivity contribution in [2.45, 2.75) is 20.3 Å². The first-order valence-corrected chi connectivity index (χ1v) is 11.2. The maximum Gasteiger partial charge on any atom is 0.260 e. The van der Waals surface area contributed by atoms with Crippen LogP contribution in [0.1, 0.15) is 22.6 Å². The van der Waals surface area contributed by atoms with Gasteiger partial charge in [0.15, 0.2) is 6.61 Å². The van der Waals surface area contributed by atoms with Crippen molar-refractivity contribution in [1.82, 2.24) is 14.9 Å². The number of para-hydroxylation sites is 1. The molecule has 1 aromatic heterocycles. The van der Waals surface area contributed by atoms with Crippen molar-refractivity contribution < 1.29 is 14.3 Å². The van der Waals surface area contributed by atoms with Crippen LogP contribution in [0.4, 0.5) is 5.82 Å². The molecular formula is C26H30N4O3. The molecule has 1 fully saturated rings. The van der Waals surface area contributed by atoms with E-state index in [-0.39, 0.29) is 12.5 Å². The van der Waals surface area contributed by atoms with Gasteiger partial charge in [0.1, 0.15) is 23.1 Å². The highest BCUT2D eigenvalue weighted by Crippen LogP contribution is 2.26. The van der Waals surface area contributed by atoms with Crippen LogP contribution in [-0.4, -0.2) is 60.7 Å². The predicted molar refractivity (Wildman–Crippen MR) is 128 cm³/mol. The molecular weight excluding hydrogens is 416 g/mol. The smallest absolute Gasteiger partial charge is 0.260 e. The summed E-state index contributed by atoms with van der Waals surface area (Å²) in [5.41, 5.74) is 3.29. The fourth-order valence-electron chi connectivity index (χ4n) is 4.05. The van der Waals surface area contributed by atoms with Crippen molar-refractivity contribution in [2.24, 2.45) is 0 Å². The highest BCUT2D eigenvalue weighted by atomic mass is 16.5. The Hall–Kier alpha value is -3.61. The van der Waals surface area contributed by atoms with E-state index < -0.39 is 0 Å². The van der Waals surface area contributed by atoms with Crippen LogP contribution in [0.5, 0.6) is 11.5 Å². The number of carbonyl (C=O) groups excluding carboxylic acids is 1. The molecule has 0 radical (unpaired) electrons. The molecule has 2 heterocycles. The number of anilines is 1. The lowest BCUT2D eigenvalue weighted by atomic mass is 10.0. The number of methoxy groups -OCH3 is 1. The van der Waals surface area contributed by atoms with Gasteiger partial charge in [0.05, 0.1) is 7.11 Å². The van der Waals surface area contributed by atoms with Crippen LogP contribution in [0.15, 0.2) is 54.6 Å². The van der Waals surface area contributed by atoms with E-state index in [2.05, 4.69) is 22.0 Å². The minimum absolute atomic E-state index is 0.00649. The lowest BCUT2D eigenvalue weighted by molar-refractivity contribution is -0.133. The first-order chi connectivity index (χ1) is 16.0. The standard InChI is InChI=1S/C26H30N4O3/c1-19-24(17-21-9-11-22(32-3)12-10-21)26(28-20(2)27-19)30-15-13-29(14-16-30)25(31)18-33-23-7-5-4-6-8-23/h4-12H,13-18H2,1-3H3. The first-order valence-electron chi connectivity index (χ1n) is 11.2. The number of carbonyl (C=O) groups is 1. The second-order valence-electron chi connectivity index (χ2n) is 8.15. The summed E-state index contributed by atoms with van der Waals surface area (Å²) < 4.78 is 10.9. The molecule has 0 saturated carbocycles. The molecule has 0 aliphatic carbocycles. The van der Waals surface area contributed by atoms with Gasteiger partial charge in [-0.2, -0.15) is 0 Å². The topological polar surface area (TPSA) is 67.8 Å². The number of hydrogen-bond donors (Lipinski definition) is 0. The monoisotopic (exact) mass is 446 g/mol. The largest absolute Gasteiger partial charge is 0.497 e. The van der Waals surface area contributed by atoms with Gasteiger partial charge in [-0.15, -0.1) is 0 Å². The molecule has 1 aliphatic rings. The number of amides is 1. The highest BCUT2D eigenvalue weighted by molar-refractivity contribution is 5.78. The van der Waals surface area contributed by atoms with E-state index in [9.17, 15) is 4.79 Å². The summed E-state index contributed by atoms with van der Waals surface area (Å²) in [6.07, 6.45) is 0.746. The Labute approximate surface area is 195 Å². The van der Waals surface area contributed by atoms with Gasteiger partial charge >= 0.3 is 0 Å². The molecule has 0 spiro atoms. The van der Waals surface area contributed by atoms with E-state index in [1.807, 2.05) is 61.2 Å². The van der Waals surface area contributed by atoms with Gasteiger partial charge in [0.25, 0.3) is 5.91 Å². The molecule has 0 atom stereocenters. The number of piperazine rings is 1. The summed E-state index contributed by atoms with van der Waals surface area (Å²) in [6, 6.07) is 17.5. The fourth-order valence-corrected chi connectivity index (χ4v) is 4.05. The van der Waals surface area contributed by atoms with E-state index in [0.717, 1.165) is 48.2 Å². The Morgan fingerprint density at radius 1 is 0.909 bits per heavy atom. The van der Waals surface area contributed by atoms with Gasteiger partial charge in [0, 0.05) is 43.9 Å². The van der Waals surface area contributed by atoms with Crippen molar-refractivity contribution in [1.29, 1.82) is 0 Å². The van der Waals surface area contributed by atoms with Crippen molar-refractivity contribution in [3.63, 3.8) is 0 Å².